The third kappa shape index (κ3) is 2.17. The number of hydrogen-bond donors (Lipinski definition) is 3. The molecule has 0 saturated heterocycles. The van der Waals surface area contributed by atoms with Crippen molar-refractivity contribution in [3.8, 4) is 0 Å². The third-order valence-electron chi connectivity index (χ3n) is 0.805. The van der Waals surface area contributed by atoms with Crippen molar-refractivity contribution in [2.45, 2.75) is 6.92 Å². The fraction of sp³-hybridized carbons (Fsp3) is 0.750. The molecule has 0 saturated carbocycles. The second kappa shape index (κ2) is 2.58. The summed E-state index contributed by atoms with van der Waals surface area (Å²) in [6.07, 6.45) is 0. The number of nitrogens with one attached hydrogen (secondary N) is 1. The lowest BCUT2D eigenvalue weighted by Gasteiger charge is -2.01. The normalized spacial score (nSPS) is 13.4. The quantitative estimate of drug-likeness (QED) is 0.326. The molecule has 3 heteroatoms. The van der Waals surface area contributed by atoms with Crippen LogP contribution < -0.4 is 5.73 Å². The van der Waals surface area contributed by atoms with E-state index in [2.05, 4.69) is 0 Å². The molecule has 0 heterocycles. The highest BCUT2D eigenvalue weighted by Crippen LogP contribution is 1.87. The highest BCUT2D eigenvalue weighted by molar-refractivity contribution is 5.79. The zero-order valence-corrected chi connectivity index (χ0v) is 4.31. The molecule has 0 aromatic rings. The van der Waals surface area contributed by atoms with Crippen LogP contribution in [0.3, 0.4) is 0 Å². The van der Waals surface area contributed by atoms with E-state index in [1.54, 1.807) is 6.92 Å². The topological polar surface area (TPSA) is 70.1 Å². The van der Waals surface area contributed by atoms with Crippen molar-refractivity contribution in [3.63, 3.8) is 0 Å². The van der Waals surface area contributed by atoms with E-state index in [0.29, 0.717) is 0 Å². The molecule has 0 amide bonds. The molecule has 0 aromatic heterocycles. The van der Waals surface area contributed by atoms with Gasteiger partial charge in [0, 0.05) is 5.92 Å². The highest BCUT2D eigenvalue weighted by Gasteiger charge is 1.99. The largest absolute Gasteiger partial charge is 0.396 e. The number of amidine groups is 1. The Morgan fingerprint density at radius 2 is 2.43 bits per heavy atom. The summed E-state index contributed by atoms with van der Waals surface area (Å²) in [6, 6.07) is 0. The van der Waals surface area contributed by atoms with Crippen LogP contribution in [0.1, 0.15) is 6.92 Å². The Labute approximate surface area is 42.7 Å². The maximum absolute atomic E-state index is 8.28. The summed E-state index contributed by atoms with van der Waals surface area (Å²) in [5, 5.41) is 15.0. The van der Waals surface area contributed by atoms with E-state index in [4.69, 9.17) is 16.2 Å². The summed E-state index contributed by atoms with van der Waals surface area (Å²) < 4.78 is 0. The Bertz CT molecular complexity index is 72.1. The second-order valence-electron chi connectivity index (χ2n) is 1.54. The smallest absolute Gasteiger partial charge is 0.0957 e. The summed E-state index contributed by atoms with van der Waals surface area (Å²) in [5.74, 6) is -0.137. The Morgan fingerprint density at radius 3 is 2.43 bits per heavy atom. The van der Waals surface area contributed by atoms with E-state index >= 15 is 0 Å². The molecule has 0 bridgehead atoms. The molecule has 0 unspecified atom stereocenters. The summed E-state index contributed by atoms with van der Waals surface area (Å²) >= 11 is 0. The van der Waals surface area contributed by atoms with Crippen LogP contribution in [-0.2, 0) is 0 Å². The first-order chi connectivity index (χ1) is 3.18. The van der Waals surface area contributed by atoms with E-state index in [1.165, 1.54) is 0 Å². The molecule has 0 aromatic carbocycles. The van der Waals surface area contributed by atoms with Gasteiger partial charge in [0.25, 0.3) is 0 Å². The van der Waals surface area contributed by atoms with Crippen LogP contribution in [0.25, 0.3) is 0 Å². The first-order valence-electron chi connectivity index (χ1n) is 2.13. The van der Waals surface area contributed by atoms with Crippen LogP contribution >= 0.6 is 0 Å². The molecule has 0 radical (unpaired) electrons. The Balaban J connectivity index is 3.34. The number of rotatable bonds is 2. The van der Waals surface area contributed by atoms with E-state index in [-0.39, 0.29) is 18.4 Å². The predicted molar refractivity (Wildman–Crippen MR) is 28.2 cm³/mol. The third-order valence-corrected chi connectivity index (χ3v) is 0.805. The molecule has 1 atom stereocenters. The lowest BCUT2D eigenvalue weighted by atomic mass is 10.2. The van der Waals surface area contributed by atoms with Gasteiger partial charge in [0.05, 0.1) is 12.4 Å². The monoisotopic (exact) mass is 102 g/mol. The van der Waals surface area contributed by atoms with Crippen LogP contribution in [0, 0.1) is 11.3 Å². The van der Waals surface area contributed by atoms with Gasteiger partial charge in [-0.1, -0.05) is 6.92 Å². The van der Waals surface area contributed by atoms with E-state index in [0.717, 1.165) is 0 Å². The van der Waals surface area contributed by atoms with Gasteiger partial charge in [0.15, 0.2) is 0 Å². The van der Waals surface area contributed by atoms with Crippen LogP contribution in [0.2, 0.25) is 0 Å². The minimum Gasteiger partial charge on any atom is -0.396 e. The lowest BCUT2D eigenvalue weighted by molar-refractivity contribution is 0.269. The van der Waals surface area contributed by atoms with Crippen molar-refractivity contribution in [1.29, 1.82) is 5.41 Å². The highest BCUT2D eigenvalue weighted by atomic mass is 16.3. The van der Waals surface area contributed by atoms with Crippen LogP contribution in [0.15, 0.2) is 0 Å². The molecule has 3 nitrogen and oxygen atoms in total. The number of aliphatic hydroxyl groups excluding tert-OH is 1. The van der Waals surface area contributed by atoms with Crippen LogP contribution in [-0.4, -0.2) is 17.5 Å². The van der Waals surface area contributed by atoms with E-state index in [9.17, 15) is 0 Å². The summed E-state index contributed by atoms with van der Waals surface area (Å²) in [6.45, 7) is 1.66. The van der Waals surface area contributed by atoms with Gasteiger partial charge in [-0.3, -0.25) is 5.41 Å². The Hall–Kier alpha value is -0.570. The van der Waals surface area contributed by atoms with Crippen LogP contribution in [0.4, 0.5) is 0 Å². The first kappa shape index (κ1) is 6.43. The number of nitrogens with two attached hydrogens (primary N) is 1. The summed E-state index contributed by atoms with van der Waals surface area (Å²) in [4.78, 5) is 0. The van der Waals surface area contributed by atoms with Crippen molar-refractivity contribution >= 4 is 5.84 Å². The van der Waals surface area contributed by atoms with E-state index < -0.39 is 0 Å². The molecule has 4 N–H and O–H groups in total. The molecule has 0 rings (SSSR count). The molecular formula is C4H10N2O. The van der Waals surface area contributed by atoms with Crippen molar-refractivity contribution < 1.29 is 5.11 Å². The molecule has 0 fully saturated rings. The van der Waals surface area contributed by atoms with Crippen molar-refractivity contribution in [3.05, 3.63) is 0 Å². The predicted octanol–water partition coefficient (Wildman–Crippen LogP) is -0.449. The maximum Gasteiger partial charge on any atom is 0.0957 e. The van der Waals surface area contributed by atoms with Gasteiger partial charge in [0.1, 0.15) is 0 Å². The second-order valence-corrected chi connectivity index (χ2v) is 1.54. The average Bonchev–Trinajstić information content (AvgIpc) is 1.65. The summed E-state index contributed by atoms with van der Waals surface area (Å²) in [7, 11) is 0. The van der Waals surface area contributed by atoms with Gasteiger partial charge in [-0.15, -0.1) is 0 Å². The van der Waals surface area contributed by atoms with Crippen molar-refractivity contribution in [2.24, 2.45) is 11.7 Å². The average molecular weight is 102 g/mol. The van der Waals surface area contributed by atoms with Gasteiger partial charge in [-0.05, 0) is 0 Å². The molecule has 0 spiro atoms. The summed E-state index contributed by atoms with van der Waals surface area (Å²) in [5.41, 5.74) is 4.97. The van der Waals surface area contributed by atoms with Crippen molar-refractivity contribution in [1.82, 2.24) is 0 Å². The van der Waals surface area contributed by atoms with Crippen molar-refractivity contribution in [2.75, 3.05) is 6.61 Å². The standard InChI is InChI=1S/C4H10N2O/c1-3(2-7)4(5)6/h3,7H,2H2,1H3,(H3,5,6)/t3-/m0/s1. The molecule has 0 aliphatic heterocycles. The van der Waals surface area contributed by atoms with Gasteiger partial charge >= 0.3 is 0 Å². The molecule has 42 valence electrons. The van der Waals surface area contributed by atoms with E-state index in [1.807, 2.05) is 0 Å². The molecule has 0 aliphatic carbocycles. The number of hydrogen-bond acceptors (Lipinski definition) is 2. The number of aliphatic hydroxyl groups is 1. The maximum atomic E-state index is 8.28. The fourth-order valence-electron chi connectivity index (χ4n) is 0.0983. The molecule has 7 heavy (non-hydrogen) atoms. The lowest BCUT2D eigenvalue weighted by Crippen LogP contribution is -2.22. The van der Waals surface area contributed by atoms with Gasteiger partial charge < -0.3 is 10.8 Å². The Morgan fingerprint density at radius 1 is 2.00 bits per heavy atom. The van der Waals surface area contributed by atoms with Crippen LogP contribution in [0.5, 0.6) is 0 Å². The van der Waals surface area contributed by atoms with Gasteiger partial charge in [-0.2, -0.15) is 0 Å². The SMILES string of the molecule is C[C@@H](CO)C(=N)N. The molecule has 0 aliphatic rings. The molecular weight excluding hydrogens is 92.1 g/mol. The first-order valence-corrected chi connectivity index (χ1v) is 2.13. The minimum atomic E-state index is -0.181. The zero-order chi connectivity index (χ0) is 5.86. The van der Waals surface area contributed by atoms with Gasteiger partial charge in [-0.25, -0.2) is 0 Å². The minimum absolute atomic E-state index is 0.0324. The van der Waals surface area contributed by atoms with Gasteiger partial charge in [0.2, 0.25) is 0 Å². The fourth-order valence-corrected chi connectivity index (χ4v) is 0.0983. The zero-order valence-electron chi connectivity index (χ0n) is 4.31. The Kier molecular flexibility index (Phi) is 2.37.